The number of nitrogens with zero attached hydrogens (tertiary/aromatic N) is 5. The summed E-state index contributed by atoms with van der Waals surface area (Å²) in [5, 5.41) is 21.6. The van der Waals surface area contributed by atoms with Gasteiger partial charge in [-0.15, -0.1) is 0 Å². The summed E-state index contributed by atoms with van der Waals surface area (Å²) in [4.78, 5) is 15.0. The van der Waals surface area contributed by atoms with Gasteiger partial charge in [0.05, 0.1) is 37.1 Å². The highest BCUT2D eigenvalue weighted by Gasteiger charge is 2.40. The predicted molar refractivity (Wildman–Crippen MR) is 100 cm³/mol. The first kappa shape index (κ1) is 19.5. The van der Waals surface area contributed by atoms with E-state index in [1.165, 1.54) is 0 Å². The zero-order valence-corrected chi connectivity index (χ0v) is 16.3. The second-order valence-electron chi connectivity index (χ2n) is 7.19. The van der Waals surface area contributed by atoms with Crippen molar-refractivity contribution in [2.24, 2.45) is 7.05 Å². The van der Waals surface area contributed by atoms with Gasteiger partial charge in [0.2, 0.25) is 0 Å². The van der Waals surface area contributed by atoms with Crippen LogP contribution < -0.4 is 5.32 Å². The minimum Gasteiger partial charge on any atom is -0.394 e. The molecule has 9 heteroatoms. The summed E-state index contributed by atoms with van der Waals surface area (Å²) in [5.41, 5.74) is 1.23. The van der Waals surface area contributed by atoms with E-state index in [1.807, 2.05) is 27.1 Å². The third kappa shape index (κ3) is 3.76. The summed E-state index contributed by atoms with van der Waals surface area (Å²) in [7, 11) is 3.73. The second-order valence-corrected chi connectivity index (χ2v) is 7.19. The Labute approximate surface area is 158 Å². The smallest absolute Gasteiger partial charge is 0.255 e. The standard InChI is InChI=1S/C18H28N6O3/c1-5-24-7-14(6-20-24)16-15(8-22(3)21-16)17(26)19-10-18(11-25)12-27-9-13(2)23(18)4/h6-8,13,25H,5,9-12H2,1-4H3,(H,19,26)/t13-,18+/m1/s1. The molecule has 0 bridgehead atoms. The van der Waals surface area contributed by atoms with E-state index in [1.54, 1.807) is 28.8 Å². The van der Waals surface area contributed by atoms with E-state index in [-0.39, 0.29) is 25.1 Å². The van der Waals surface area contributed by atoms with Gasteiger partial charge in [-0.05, 0) is 20.9 Å². The van der Waals surface area contributed by atoms with Crippen LogP contribution in [0.15, 0.2) is 18.6 Å². The van der Waals surface area contributed by atoms with Crippen molar-refractivity contribution in [3.63, 3.8) is 0 Å². The Balaban J connectivity index is 1.78. The fourth-order valence-electron chi connectivity index (χ4n) is 3.36. The molecular weight excluding hydrogens is 348 g/mol. The molecule has 1 amide bonds. The van der Waals surface area contributed by atoms with Crippen molar-refractivity contribution < 1.29 is 14.6 Å². The fourth-order valence-corrected chi connectivity index (χ4v) is 3.36. The Morgan fingerprint density at radius 3 is 2.89 bits per heavy atom. The maximum atomic E-state index is 12.9. The second kappa shape index (κ2) is 7.79. The summed E-state index contributed by atoms with van der Waals surface area (Å²) in [6.45, 7) is 5.95. The highest BCUT2D eigenvalue weighted by atomic mass is 16.5. The van der Waals surface area contributed by atoms with Gasteiger partial charge >= 0.3 is 0 Å². The molecule has 1 fully saturated rings. The van der Waals surface area contributed by atoms with Crippen molar-refractivity contribution in [3.05, 3.63) is 24.2 Å². The van der Waals surface area contributed by atoms with Crippen LogP contribution in [0.5, 0.6) is 0 Å². The van der Waals surface area contributed by atoms with E-state index < -0.39 is 5.54 Å². The van der Waals surface area contributed by atoms with Crippen LogP contribution in [0.3, 0.4) is 0 Å². The van der Waals surface area contributed by atoms with Crippen molar-refractivity contribution in [3.8, 4) is 11.3 Å². The molecule has 2 aromatic rings. The molecule has 0 aromatic carbocycles. The highest BCUT2D eigenvalue weighted by Crippen LogP contribution is 2.24. The van der Waals surface area contributed by atoms with Gasteiger partial charge in [0.1, 0.15) is 5.69 Å². The van der Waals surface area contributed by atoms with Crippen LogP contribution in [0.1, 0.15) is 24.2 Å². The van der Waals surface area contributed by atoms with Gasteiger partial charge in [-0.25, -0.2) is 0 Å². The Kier molecular flexibility index (Phi) is 5.64. The first-order valence-electron chi connectivity index (χ1n) is 9.16. The van der Waals surface area contributed by atoms with E-state index in [2.05, 4.69) is 20.4 Å². The molecule has 2 N–H and O–H groups in total. The summed E-state index contributed by atoms with van der Waals surface area (Å²) in [5.74, 6) is -0.234. The van der Waals surface area contributed by atoms with Gasteiger partial charge in [0, 0.05) is 44.1 Å². The lowest BCUT2D eigenvalue weighted by atomic mass is 9.96. The average molecular weight is 376 g/mol. The number of likely N-dealkylation sites (N-methyl/N-ethyl adjacent to an activating group) is 1. The Hall–Kier alpha value is -2.23. The number of rotatable bonds is 6. The number of aromatic nitrogens is 4. The molecule has 27 heavy (non-hydrogen) atoms. The maximum absolute atomic E-state index is 12.9. The topological polar surface area (TPSA) is 97.4 Å². The number of hydrogen-bond donors (Lipinski definition) is 2. The molecule has 9 nitrogen and oxygen atoms in total. The average Bonchev–Trinajstić information content (AvgIpc) is 3.29. The summed E-state index contributed by atoms with van der Waals surface area (Å²) in [6, 6.07) is 0.164. The Morgan fingerprint density at radius 2 is 2.22 bits per heavy atom. The first-order valence-corrected chi connectivity index (χ1v) is 9.16. The molecule has 0 radical (unpaired) electrons. The maximum Gasteiger partial charge on any atom is 0.255 e. The van der Waals surface area contributed by atoms with Gasteiger partial charge < -0.3 is 15.2 Å². The van der Waals surface area contributed by atoms with Crippen molar-refractivity contribution in [1.29, 1.82) is 0 Å². The number of hydrogen-bond acceptors (Lipinski definition) is 6. The van der Waals surface area contributed by atoms with Gasteiger partial charge in [-0.3, -0.25) is 19.1 Å². The predicted octanol–water partition coefficient (Wildman–Crippen LogP) is 0.115. The lowest BCUT2D eigenvalue weighted by Gasteiger charge is -2.47. The molecule has 1 saturated heterocycles. The number of aryl methyl sites for hydroxylation is 2. The molecule has 3 rings (SSSR count). The number of carbonyl (C=O) groups is 1. The minimum absolute atomic E-state index is 0.0999. The zero-order chi connectivity index (χ0) is 19.6. The molecule has 2 atom stereocenters. The lowest BCUT2D eigenvalue weighted by Crippen LogP contribution is -2.65. The number of ether oxygens (including phenoxy) is 1. The molecule has 3 heterocycles. The number of aliphatic hydroxyl groups excluding tert-OH is 1. The van der Waals surface area contributed by atoms with Crippen molar-refractivity contribution >= 4 is 5.91 Å². The normalized spacial score (nSPS) is 23.5. The first-order chi connectivity index (χ1) is 12.9. The third-order valence-electron chi connectivity index (χ3n) is 5.32. The molecule has 1 aliphatic heterocycles. The van der Waals surface area contributed by atoms with E-state index in [0.29, 0.717) is 24.5 Å². The van der Waals surface area contributed by atoms with Crippen LogP contribution in [0, 0.1) is 0 Å². The van der Waals surface area contributed by atoms with Gasteiger partial charge in [-0.1, -0.05) is 0 Å². The van der Waals surface area contributed by atoms with Gasteiger partial charge in [0.25, 0.3) is 5.91 Å². The number of carbonyl (C=O) groups excluding carboxylic acids is 1. The quantitative estimate of drug-likeness (QED) is 0.743. The molecule has 1 aliphatic rings. The summed E-state index contributed by atoms with van der Waals surface area (Å²) in [6.07, 6.45) is 5.28. The number of aliphatic hydroxyl groups is 1. The lowest BCUT2D eigenvalue weighted by molar-refractivity contribution is -0.105. The van der Waals surface area contributed by atoms with Crippen LogP contribution in [-0.4, -0.2) is 80.5 Å². The third-order valence-corrected chi connectivity index (χ3v) is 5.32. The SMILES string of the molecule is CCn1cc(-c2nn(C)cc2C(=O)NC[C@]2(CO)COC[C@@H](C)N2C)cn1. The van der Waals surface area contributed by atoms with Crippen LogP contribution >= 0.6 is 0 Å². The van der Waals surface area contributed by atoms with Crippen LogP contribution in [0.2, 0.25) is 0 Å². The summed E-state index contributed by atoms with van der Waals surface area (Å²) < 4.78 is 9.04. The number of morpholine rings is 1. The van der Waals surface area contributed by atoms with Gasteiger partial charge in [0.15, 0.2) is 0 Å². The molecular formula is C18H28N6O3. The van der Waals surface area contributed by atoms with Crippen molar-refractivity contribution in [2.75, 3.05) is 33.4 Å². The van der Waals surface area contributed by atoms with E-state index in [9.17, 15) is 9.90 Å². The number of nitrogens with one attached hydrogen (secondary N) is 1. The van der Waals surface area contributed by atoms with Crippen LogP contribution in [0.25, 0.3) is 11.3 Å². The van der Waals surface area contributed by atoms with Crippen LogP contribution in [0.4, 0.5) is 0 Å². The molecule has 2 aromatic heterocycles. The number of amides is 1. The molecule has 0 saturated carbocycles. The monoisotopic (exact) mass is 376 g/mol. The molecule has 0 spiro atoms. The minimum atomic E-state index is -0.636. The van der Waals surface area contributed by atoms with E-state index in [0.717, 1.165) is 12.1 Å². The molecule has 0 unspecified atom stereocenters. The summed E-state index contributed by atoms with van der Waals surface area (Å²) >= 11 is 0. The Morgan fingerprint density at radius 1 is 1.44 bits per heavy atom. The zero-order valence-electron chi connectivity index (χ0n) is 16.3. The van der Waals surface area contributed by atoms with E-state index in [4.69, 9.17) is 4.74 Å². The Bertz CT molecular complexity index is 801. The molecule has 148 valence electrons. The fraction of sp³-hybridized carbons (Fsp3) is 0.611. The van der Waals surface area contributed by atoms with Crippen molar-refractivity contribution in [2.45, 2.75) is 32.0 Å². The molecule has 0 aliphatic carbocycles. The van der Waals surface area contributed by atoms with E-state index >= 15 is 0 Å². The van der Waals surface area contributed by atoms with Crippen molar-refractivity contribution in [1.82, 2.24) is 29.8 Å². The largest absolute Gasteiger partial charge is 0.394 e. The van der Waals surface area contributed by atoms with Gasteiger partial charge in [-0.2, -0.15) is 10.2 Å². The van der Waals surface area contributed by atoms with Crippen LogP contribution in [-0.2, 0) is 18.3 Å². The highest BCUT2D eigenvalue weighted by molar-refractivity contribution is 5.99.